The molecule has 2 nitrogen and oxygen atoms in total. The van der Waals surface area contributed by atoms with Gasteiger partial charge in [-0.05, 0) is 12.1 Å². The van der Waals surface area contributed by atoms with Crippen LogP contribution in [0.1, 0.15) is 6.42 Å². The minimum absolute atomic E-state index is 0.000437. The number of fused-ring (bicyclic) bond motifs is 1. The number of hydrogen-bond donors (Lipinski definition) is 1. The van der Waals surface area contributed by atoms with Crippen molar-refractivity contribution >= 4 is 46.6 Å². The van der Waals surface area contributed by atoms with Crippen molar-refractivity contribution in [2.45, 2.75) is 11.3 Å². The average molecular weight is 248 g/mol. The summed E-state index contributed by atoms with van der Waals surface area (Å²) in [6.45, 7) is 0. The van der Waals surface area contributed by atoms with Gasteiger partial charge in [-0.1, -0.05) is 23.2 Å². The molecule has 1 aliphatic heterocycles. The highest BCUT2D eigenvalue weighted by atomic mass is 35.5. The Kier molecular flexibility index (Phi) is 2.91. The van der Waals surface area contributed by atoms with Gasteiger partial charge in [-0.3, -0.25) is 4.79 Å². The van der Waals surface area contributed by atoms with Crippen molar-refractivity contribution in [3.05, 3.63) is 22.2 Å². The van der Waals surface area contributed by atoms with E-state index in [-0.39, 0.29) is 5.91 Å². The Bertz CT molecular complexity index is 395. The molecule has 0 radical (unpaired) electrons. The van der Waals surface area contributed by atoms with Crippen LogP contribution in [0.3, 0.4) is 0 Å². The minimum atomic E-state index is 0.000437. The molecule has 14 heavy (non-hydrogen) atoms. The van der Waals surface area contributed by atoms with Crippen LogP contribution in [0.15, 0.2) is 17.0 Å². The van der Waals surface area contributed by atoms with E-state index < -0.39 is 0 Å². The van der Waals surface area contributed by atoms with Crippen molar-refractivity contribution in [3.63, 3.8) is 0 Å². The maximum absolute atomic E-state index is 11.3. The summed E-state index contributed by atoms with van der Waals surface area (Å²) in [4.78, 5) is 12.2. The summed E-state index contributed by atoms with van der Waals surface area (Å²) in [6, 6.07) is 3.45. The van der Waals surface area contributed by atoms with E-state index in [0.29, 0.717) is 22.2 Å². The van der Waals surface area contributed by atoms with Crippen molar-refractivity contribution in [2.24, 2.45) is 0 Å². The molecule has 1 heterocycles. The second kappa shape index (κ2) is 4.01. The van der Waals surface area contributed by atoms with E-state index in [1.54, 1.807) is 17.8 Å². The third kappa shape index (κ3) is 2.00. The Balaban J connectivity index is 2.50. The van der Waals surface area contributed by atoms with Gasteiger partial charge in [-0.15, -0.1) is 11.8 Å². The first-order valence-corrected chi connectivity index (χ1v) is 5.82. The molecular formula is C9H7Cl2NOS. The van der Waals surface area contributed by atoms with Crippen LogP contribution in [0.2, 0.25) is 10.0 Å². The number of halogens is 2. The molecule has 0 saturated carbocycles. The molecule has 0 fully saturated rings. The number of anilines is 1. The highest BCUT2D eigenvalue weighted by Crippen LogP contribution is 2.38. The first-order chi connectivity index (χ1) is 6.66. The molecule has 1 aliphatic rings. The fraction of sp³-hybridized carbons (Fsp3) is 0.222. The van der Waals surface area contributed by atoms with Crippen LogP contribution >= 0.6 is 35.0 Å². The van der Waals surface area contributed by atoms with Crippen LogP contribution in [0.5, 0.6) is 0 Å². The normalized spacial score (nSPS) is 15.7. The molecule has 0 aromatic heterocycles. The Morgan fingerprint density at radius 2 is 2.14 bits per heavy atom. The summed E-state index contributed by atoms with van der Waals surface area (Å²) < 4.78 is 0. The van der Waals surface area contributed by atoms with Gasteiger partial charge >= 0.3 is 0 Å². The lowest BCUT2D eigenvalue weighted by Gasteiger charge is -2.08. The molecule has 0 bridgehead atoms. The van der Waals surface area contributed by atoms with Crippen molar-refractivity contribution in [2.75, 3.05) is 11.1 Å². The number of carbonyl (C=O) groups excluding carboxylic acids is 1. The molecule has 74 valence electrons. The average Bonchev–Trinajstić information content (AvgIpc) is 2.27. The number of rotatable bonds is 0. The summed E-state index contributed by atoms with van der Waals surface area (Å²) in [6.07, 6.45) is 0.507. The number of amides is 1. The first kappa shape index (κ1) is 10.1. The number of nitrogens with one attached hydrogen (secondary N) is 1. The Morgan fingerprint density at radius 3 is 2.93 bits per heavy atom. The molecule has 0 aliphatic carbocycles. The van der Waals surface area contributed by atoms with Crippen LogP contribution in [0, 0.1) is 0 Å². The topological polar surface area (TPSA) is 29.1 Å². The van der Waals surface area contributed by atoms with E-state index in [4.69, 9.17) is 23.2 Å². The van der Waals surface area contributed by atoms with Gasteiger partial charge in [0.15, 0.2) is 0 Å². The standard InChI is InChI=1S/C9H7Cl2NOS/c10-5-3-6(11)9-7(4-5)14-2-1-8(13)12-9/h3-4H,1-2H2,(H,12,13). The lowest BCUT2D eigenvalue weighted by molar-refractivity contribution is -0.115. The van der Waals surface area contributed by atoms with Crippen molar-refractivity contribution < 1.29 is 4.79 Å². The zero-order valence-electron chi connectivity index (χ0n) is 7.14. The Labute approximate surface area is 96.0 Å². The second-order valence-corrected chi connectivity index (χ2v) is 4.89. The largest absolute Gasteiger partial charge is 0.324 e. The highest BCUT2D eigenvalue weighted by molar-refractivity contribution is 7.99. The molecule has 2 rings (SSSR count). The first-order valence-electron chi connectivity index (χ1n) is 4.08. The Hall–Kier alpha value is -0.380. The molecule has 1 N–H and O–H groups in total. The van der Waals surface area contributed by atoms with Crippen LogP contribution in [-0.2, 0) is 4.79 Å². The predicted octanol–water partition coefficient (Wildman–Crippen LogP) is 3.43. The number of benzene rings is 1. The summed E-state index contributed by atoms with van der Waals surface area (Å²) in [5.74, 6) is 0.760. The van der Waals surface area contributed by atoms with E-state index in [1.807, 2.05) is 6.07 Å². The van der Waals surface area contributed by atoms with Gasteiger partial charge in [-0.25, -0.2) is 0 Å². The van der Waals surface area contributed by atoms with Gasteiger partial charge in [0.2, 0.25) is 5.91 Å². The SMILES string of the molecule is O=C1CCSc2cc(Cl)cc(Cl)c2N1. The van der Waals surface area contributed by atoms with Gasteiger partial charge in [0.05, 0.1) is 10.7 Å². The summed E-state index contributed by atoms with van der Waals surface area (Å²) >= 11 is 13.4. The Morgan fingerprint density at radius 1 is 1.36 bits per heavy atom. The summed E-state index contributed by atoms with van der Waals surface area (Å²) in [5, 5.41) is 3.86. The summed E-state index contributed by atoms with van der Waals surface area (Å²) in [7, 11) is 0. The molecule has 1 aromatic carbocycles. The van der Waals surface area contributed by atoms with Gasteiger partial charge in [0.1, 0.15) is 0 Å². The predicted molar refractivity (Wildman–Crippen MR) is 60.4 cm³/mol. The third-order valence-electron chi connectivity index (χ3n) is 1.87. The lowest BCUT2D eigenvalue weighted by atomic mass is 10.3. The van der Waals surface area contributed by atoms with Crippen LogP contribution in [0.25, 0.3) is 0 Å². The van der Waals surface area contributed by atoms with Gasteiger partial charge in [0.25, 0.3) is 0 Å². The third-order valence-corrected chi connectivity index (χ3v) is 3.43. The van der Waals surface area contributed by atoms with Crippen molar-refractivity contribution in [3.8, 4) is 0 Å². The quantitative estimate of drug-likeness (QED) is 0.762. The minimum Gasteiger partial charge on any atom is -0.324 e. The fourth-order valence-electron chi connectivity index (χ4n) is 1.24. The molecule has 0 spiro atoms. The van der Waals surface area contributed by atoms with E-state index in [0.717, 1.165) is 10.6 Å². The molecule has 0 saturated heterocycles. The van der Waals surface area contributed by atoms with Gasteiger partial charge < -0.3 is 5.32 Å². The highest BCUT2D eigenvalue weighted by Gasteiger charge is 2.16. The molecule has 0 atom stereocenters. The van der Waals surface area contributed by atoms with E-state index in [2.05, 4.69) is 5.32 Å². The van der Waals surface area contributed by atoms with Crippen LogP contribution in [0.4, 0.5) is 5.69 Å². The van der Waals surface area contributed by atoms with Crippen molar-refractivity contribution in [1.82, 2.24) is 0 Å². The molecule has 0 unspecified atom stereocenters. The number of carbonyl (C=O) groups is 1. The second-order valence-electron chi connectivity index (χ2n) is 2.91. The number of hydrogen-bond acceptors (Lipinski definition) is 2. The van der Waals surface area contributed by atoms with Crippen LogP contribution < -0.4 is 5.32 Å². The zero-order valence-corrected chi connectivity index (χ0v) is 9.47. The molecule has 5 heteroatoms. The van der Waals surface area contributed by atoms with Gasteiger partial charge in [0, 0.05) is 22.1 Å². The number of thioether (sulfide) groups is 1. The summed E-state index contributed by atoms with van der Waals surface area (Å²) in [5.41, 5.74) is 0.684. The zero-order chi connectivity index (χ0) is 10.1. The maximum Gasteiger partial charge on any atom is 0.225 e. The van der Waals surface area contributed by atoms with E-state index >= 15 is 0 Å². The van der Waals surface area contributed by atoms with Crippen LogP contribution in [-0.4, -0.2) is 11.7 Å². The van der Waals surface area contributed by atoms with Crippen molar-refractivity contribution in [1.29, 1.82) is 0 Å². The molecule has 1 amide bonds. The fourth-order valence-corrected chi connectivity index (χ4v) is 2.93. The lowest BCUT2D eigenvalue weighted by Crippen LogP contribution is -2.10. The smallest absolute Gasteiger partial charge is 0.225 e. The van der Waals surface area contributed by atoms with E-state index in [9.17, 15) is 4.79 Å². The molecule has 1 aromatic rings. The molecular weight excluding hydrogens is 241 g/mol. The maximum atomic E-state index is 11.3. The monoisotopic (exact) mass is 247 g/mol. The van der Waals surface area contributed by atoms with E-state index in [1.165, 1.54) is 0 Å². The van der Waals surface area contributed by atoms with Gasteiger partial charge in [-0.2, -0.15) is 0 Å².